The number of H-pyrrole nitrogens is 2. The van der Waals surface area contributed by atoms with Crippen molar-refractivity contribution in [3.05, 3.63) is 592 Å². The summed E-state index contributed by atoms with van der Waals surface area (Å²) in [5.74, 6) is 0. The zero-order chi connectivity index (χ0) is 97.6. The van der Waals surface area contributed by atoms with Crippen LogP contribution in [0.4, 0.5) is 0 Å². The summed E-state index contributed by atoms with van der Waals surface area (Å²) < 4.78 is 4.82. The summed E-state index contributed by atoms with van der Waals surface area (Å²) in [7, 11) is 0. The van der Waals surface area contributed by atoms with Gasteiger partial charge >= 0.3 is 17.1 Å². The van der Waals surface area contributed by atoms with E-state index in [1.807, 2.05) is 0 Å². The topological polar surface area (TPSA) is 93.0 Å². The fraction of sp³-hybridized carbons (Fsp3) is 0. The second kappa shape index (κ2) is 43.0. The molecular formula is C136H100B2MnN8. The number of fused-ring (bicyclic) bond motifs is 16. The smallest absolute Gasteiger partial charge is 0.355 e. The maximum absolute atomic E-state index is 5.29. The normalized spacial score (nSPS) is 11.6. The molecule has 147 heavy (non-hydrogen) atoms. The molecule has 4 aliphatic rings. The van der Waals surface area contributed by atoms with Gasteiger partial charge in [0.05, 0.1) is 67.6 Å². The van der Waals surface area contributed by atoms with E-state index < -0.39 is 12.3 Å². The van der Waals surface area contributed by atoms with Crippen LogP contribution < -0.4 is 43.7 Å². The molecule has 0 atom stereocenters. The fourth-order valence-corrected chi connectivity index (χ4v) is 21.9. The third-order valence-electron chi connectivity index (χ3n) is 28.1. The Bertz CT molecular complexity index is 8020. The Kier molecular flexibility index (Phi) is 27.3. The average molecular weight is 1920 g/mol. The van der Waals surface area contributed by atoms with E-state index >= 15 is 0 Å². The van der Waals surface area contributed by atoms with Crippen LogP contribution in [-0.2, 0) is 17.1 Å². The predicted octanol–water partition coefficient (Wildman–Crippen LogP) is 28.4. The molecule has 26 rings (SSSR count). The molecule has 10 heterocycles. The molecule has 16 aromatic carbocycles. The molecule has 1 radical (unpaired) electrons. The molecule has 4 aliphatic heterocycles. The molecule has 22 aromatic rings. The van der Waals surface area contributed by atoms with Crippen LogP contribution in [0.2, 0.25) is 0 Å². The standard InChI is InChI=1S/2C44H30N4.2C24H20B.Mn/c2*1-5-13-30(14-6-1)41-39-26-25-36(47-39)28-35-22-21-33(45-35)27-34-23-24-37(46-34)29-40-42(31-15-7-2-8-16-31)43(32-17-9-3-10-18-32)44(41)48(40)38-19-11-4-12-20-38;2*1-5-13-21(14-6-1)25(22-15-7-2-8-16-22,23-17-9-3-10-18-23)24-19-11-4-12-20-24;/h2*1-29,45H;2*1-20H;/q;;2*-1;+2. The summed E-state index contributed by atoms with van der Waals surface area (Å²) in [6, 6.07) is 194. The number of hydrogen-bond donors (Lipinski definition) is 2. The van der Waals surface area contributed by atoms with Gasteiger partial charge in [0.1, 0.15) is 12.3 Å². The maximum Gasteiger partial charge on any atom is 2.00 e. The summed E-state index contributed by atoms with van der Waals surface area (Å²) >= 11 is 0. The molecule has 0 unspecified atom stereocenters. The molecule has 8 nitrogen and oxygen atoms in total. The van der Waals surface area contributed by atoms with Crippen LogP contribution in [0.3, 0.4) is 0 Å². The molecule has 0 amide bonds. The summed E-state index contributed by atoms with van der Waals surface area (Å²) in [4.78, 5) is 27.8. The molecule has 0 saturated carbocycles. The van der Waals surface area contributed by atoms with Gasteiger partial charge < -0.3 is 19.1 Å². The molecule has 0 saturated heterocycles. The van der Waals surface area contributed by atoms with Gasteiger partial charge in [0.15, 0.2) is 0 Å². The van der Waals surface area contributed by atoms with Gasteiger partial charge in [-0.15, -0.1) is 0 Å². The van der Waals surface area contributed by atoms with Gasteiger partial charge in [0, 0.05) is 66.8 Å². The first-order valence-corrected chi connectivity index (χ1v) is 49.9. The number of para-hydroxylation sites is 2. The summed E-state index contributed by atoms with van der Waals surface area (Å²) in [5.41, 5.74) is 41.6. The third-order valence-corrected chi connectivity index (χ3v) is 28.1. The minimum Gasteiger partial charge on any atom is -0.355 e. The zero-order valence-corrected chi connectivity index (χ0v) is 82.0. The third kappa shape index (κ3) is 19.1. The first-order chi connectivity index (χ1) is 72.4. The monoisotopic (exact) mass is 1920 g/mol. The number of aromatic nitrogens is 8. The first-order valence-electron chi connectivity index (χ1n) is 49.9. The second-order valence-electron chi connectivity index (χ2n) is 37.0. The molecule has 11 heteroatoms. The van der Waals surface area contributed by atoms with E-state index in [9.17, 15) is 0 Å². The maximum atomic E-state index is 5.29. The molecule has 16 bridgehead atoms. The molecule has 0 spiro atoms. The van der Waals surface area contributed by atoms with Crippen molar-refractivity contribution in [1.29, 1.82) is 0 Å². The fourth-order valence-electron chi connectivity index (χ4n) is 21.9. The van der Waals surface area contributed by atoms with E-state index in [-0.39, 0.29) is 17.1 Å². The number of benzene rings is 16. The van der Waals surface area contributed by atoms with E-state index in [0.29, 0.717) is 0 Å². The van der Waals surface area contributed by atoms with Crippen LogP contribution >= 0.6 is 0 Å². The number of aromatic amines is 2. The number of hydrogen-bond acceptors (Lipinski definition) is 4. The summed E-state index contributed by atoms with van der Waals surface area (Å²) in [5, 5.41) is 0. The van der Waals surface area contributed by atoms with Gasteiger partial charge in [0.2, 0.25) is 0 Å². The number of nitrogens with one attached hydrogen (secondary N) is 2. The van der Waals surface area contributed by atoms with Crippen molar-refractivity contribution in [2.75, 3.05) is 0 Å². The summed E-state index contributed by atoms with van der Waals surface area (Å²) in [6.45, 7) is 0. The van der Waals surface area contributed by atoms with Crippen LogP contribution in [0, 0.1) is 0 Å². The Morgan fingerprint density at radius 1 is 0.163 bits per heavy atom. The molecular weight excluding hydrogens is 1820 g/mol. The predicted molar refractivity (Wildman–Crippen MR) is 620 cm³/mol. The Hall–Kier alpha value is -18.6. The van der Waals surface area contributed by atoms with Crippen molar-refractivity contribution in [2.45, 2.75) is 0 Å². The van der Waals surface area contributed by atoms with Crippen LogP contribution in [0.25, 0.3) is 171 Å². The molecule has 2 N–H and O–H groups in total. The number of nitrogens with zero attached hydrogens (tertiary/aromatic N) is 6. The second-order valence-corrected chi connectivity index (χ2v) is 37.0. The average Bonchev–Trinajstić information content (AvgIpc) is 1.44. The van der Waals surface area contributed by atoms with E-state index in [2.05, 4.69) is 614 Å². The Morgan fingerprint density at radius 3 is 0.565 bits per heavy atom. The van der Waals surface area contributed by atoms with Gasteiger partial charge in [-0.25, -0.2) is 19.9 Å². The van der Waals surface area contributed by atoms with Gasteiger partial charge in [-0.2, -0.15) is 43.7 Å². The minimum absolute atomic E-state index is 0. The number of rotatable bonds is 16. The van der Waals surface area contributed by atoms with Crippen molar-refractivity contribution in [3.63, 3.8) is 0 Å². The van der Waals surface area contributed by atoms with Crippen molar-refractivity contribution >= 4 is 149 Å². The van der Waals surface area contributed by atoms with E-state index in [1.54, 1.807) is 0 Å². The van der Waals surface area contributed by atoms with Crippen LogP contribution in [0.5, 0.6) is 0 Å². The quantitative estimate of drug-likeness (QED) is 0.0943. The van der Waals surface area contributed by atoms with E-state index in [1.165, 1.54) is 43.7 Å². The van der Waals surface area contributed by atoms with Crippen LogP contribution in [0.1, 0.15) is 45.6 Å². The molecule has 0 fully saturated rings. The Labute approximate surface area is 867 Å². The van der Waals surface area contributed by atoms with Crippen molar-refractivity contribution in [2.24, 2.45) is 0 Å². The van der Waals surface area contributed by atoms with Crippen LogP contribution in [0.15, 0.2) is 546 Å². The molecule has 0 aliphatic carbocycles. The Morgan fingerprint density at radius 2 is 0.340 bits per heavy atom. The van der Waals surface area contributed by atoms with Gasteiger partial charge in [-0.3, -0.25) is 0 Å². The van der Waals surface area contributed by atoms with Crippen LogP contribution in [-0.4, -0.2) is 51.3 Å². The summed E-state index contributed by atoms with van der Waals surface area (Å²) in [6.07, 6.45) is 14.4. The SMILES string of the molecule is C1=Cc2cc3c(-c4ccccc4)c(-c4ccccc4)c(c(-c4ccccc4)c4nc(cc5ccc(cc1n2)[nH]5)C=C4)n3-c1ccccc1.C1=Cc2cc3c(-c4ccccc4)c(-c4ccccc4)c(c(-c4ccccc4)c4nc(cc5ccc(cc1n2)[nH]5)C=C4)n3-c1ccccc1.[Mn+2].c1ccc([B-](c2ccccc2)(c2ccccc2)c2ccccc2)cc1.c1ccc([B-](c2ccccc2)(c2ccccc2)c2ccccc2)cc1. The van der Waals surface area contributed by atoms with Crippen molar-refractivity contribution in [1.82, 2.24) is 39.0 Å². The minimum atomic E-state index is -1.22. The Balaban J connectivity index is 0.000000116. The first kappa shape index (κ1) is 93.3. The zero-order valence-electron chi connectivity index (χ0n) is 80.8. The van der Waals surface area contributed by atoms with Crippen molar-refractivity contribution < 1.29 is 17.1 Å². The van der Waals surface area contributed by atoms with Gasteiger partial charge in [-0.05, 0) is 167 Å². The molecule has 6 aromatic heterocycles. The molecule has 697 valence electrons. The van der Waals surface area contributed by atoms with E-state index in [4.69, 9.17) is 19.9 Å². The van der Waals surface area contributed by atoms with Gasteiger partial charge in [0.25, 0.3) is 0 Å². The van der Waals surface area contributed by atoms with E-state index in [0.717, 1.165) is 168 Å². The van der Waals surface area contributed by atoms with Gasteiger partial charge in [-0.1, -0.05) is 461 Å². The van der Waals surface area contributed by atoms with Crippen molar-refractivity contribution in [3.8, 4) is 78.1 Å². The largest absolute Gasteiger partial charge is 2.00 e.